The van der Waals surface area contributed by atoms with Gasteiger partial charge in [-0.1, -0.05) is 30.3 Å². The quantitative estimate of drug-likeness (QED) is 0.812. The fraction of sp³-hybridized carbons (Fsp3) is 0.583. The average Bonchev–Trinajstić information content (AvgIpc) is 2.75. The van der Waals surface area contributed by atoms with Crippen LogP contribution in [0.25, 0.3) is 10.8 Å². The molecule has 0 spiro atoms. The number of ether oxygens (including phenoxy) is 1. The van der Waals surface area contributed by atoms with Crippen molar-refractivity contribution in [2.45, 2.75) is 37.9 Å². The molecule has 2 aromatic carbocycles. The normalized spacial score (nSPS) is 22.9. The summed E-state index contributed by atoms with van der Waals surface area (Å²) in [6.07, 6.45) is 3.35. The number of piperazine rings is 1. The monoisotopic (exact) mass is 397 g/mol. The summed E-state index contributed by atoms with van der Waals surface area (Å²) in [5, 5.41) is 12.2. The number of rotatable bonds is 6. The van der Waals surface area contributed by atoms with E-state index >= 15 is 0 Å². The van der Waals surface area contributed by atoms with E-state index in [9.17, 15) is 5.11 Å². The van der Waals surface area contributed by atoms with E-state index in [1.165, 1.54) is 42.3 Å². The highest BCUT2D eigenvalue weighted by atomic mass is 16.5. The third-order valence-corrected chi connectivity index (χ3v) is 6.83. The van der Waals surface area contributed by atoms with Gasteiger partial charge in [0, 0.05) is 50.4 Å². The van der Waals surface area contributed by atoms with Crippen LogP contribution in [0.15, 0.2) is 36.4 Å². The van der Waals surface area contributed by atoms with Crippen molar-refractivity contribution in [2.24, 2.45) is 0 Å². The topological polar surface area (TPSA) is 39.2 Å². The molecule has 29 heavy (non-hydrogen) atoms. The van der Waals surface area contributed by atoms with E-state index in [-0.39, 0.29) is 6.61 Å². The molecule has 0 bridgehead atoms. The van der Waals surface area contributed by atoms with Crippen LogP contribution in [-0.4, -0.2) is 85.4 Å². The number of aliphatic hydroxyl groups is 1. The molecular formula is C24H35N3O2. The Morgan fingerprint density at radius 3 is 2.59 bits per heavy atom. The first-order valence-corrected chi connectivity index (χ1v) is 11.0. The van der Waals surface area contributed by atoms with Gasteiger partial charge >= 0.3 is 0 Å². The number of aliphatic hydroxyl groups excluding tert-OH is 1. The fourth-order valence-electron chi connectivity index (χ4n) is 5.18. The summed E-state index contributed by atoms with van der Waals surface area (Å²) in [5.41, 5.74) is 1.28. The summed E-state index contributed by atoms with van der Waals surface area (Å²) in [6.45, 7) is 6.70. The van der Waals surface area contributed by atoms with Crippen molar-refractivity contribution in [3.05, 3.63) is 42.0 Å². The first kappa shape index (κ1) is 20.6. The predicted octanol–water partition coefficient (Wildman–Crippen LogP) is 2.81. The van der Waals surface area contributed by atoms with Crippen molar-refractivity contribution in [1.82, 2.24) is 14.7 Å². The van der Waals surface area contributed by atoms with Gasteiger partial charge in [-0.15, -0.1) is 0 Å². The molecule has 0 radical (unpaired) electrons. The van der Waals surface area contributed by atoms with Crippen molar-refractivity contribution in [2.75, 3.05) is 53.5 Å². The zero-order valence-electron chi connectivity index (χ0n) is 17.9. The largest absolute Gasteiger partial charge is 0.496 e. The lowest BCUT2D eigenvalue weighted by Crippen LogP contribution is -2.58. The molecule has 2 fully saturated rings. The van der Waals surface area contributed by atoms with Gasteiger partial charge in [0.25, 0.3) is 0 Å². The van der Waals surface area contributed by atoms with Gasteiger partial charge in [0.15, 0.2) is 0 Å². The van der Waals surface area contributed by atoms with Crippen LogP contribution in [-0.2, 0) is 6.54 Å². The van der Waals surface area contributed by atoms with Gasteiger partial charge in [0.05, 0.1) is 7.11 Å². The maximum atomic E-state index is 9.70. The Hall–Kier alpha value is -1.66. The summed E-state index contributed by atoms with van der Waals surface area (Å²) in [5.74, 6) is 0.972. The molecule has 0 aliphatic carbocycles. The van der Waals surface area contributed by atoms with Crippen molar-refractivity contribution >= 4 is 10.8 Å². The Balaban J connectivity index is 1.50. The lowest BCUT2D eigenvalue weighted by molar-refractivity contribution is 0.00594. The molecule has 4 rings (SSSR count). The lowest BCUT2D eigenvalue weighted by atomic mass is 9.97. The molecule has 5 heteroatoms. The highest BCUT2D eigenvalue weighted by molar-refractivity contribution is 5.87. The minimum atomic E-state index is 0.263. The molecule has 0 aromatic heterocycles. The summed E-state index contributed by atoms with van der Waals surface area (Å²) in [6, 6.07) is 13.9. The van der Waals surface area contributed by atoms with Gasteiger partial charge in [-0.2, -0.15) is 0 Å². The Kier molecular flexibility index (Phi) is 6.70. The second-order valence-corrected chi connectivity index (χ2v) is 8.64. The van der Waals surface area contributed by atoms with Crippen LogP contribution < -0.4 is 4.74 Å². The van der Waals surface area contributed by atoms with Crippen molar-refractivity contribution in [3.63, 3.8) is 0 Å². The predicted molar refractivity (Wildman–Crippen MR) is 118 cm³/mol. The number of benzene rings is 2. The minimum Gasteiger partial charge on any atom is -0.496 e. The maximum Gasteiger partial charge on any atom is 0.123 e. The van der Waals surface area contributed by atoms with Crippen LogP contribution in [0.3, 0.4) is 0 Å². The van der Waals surface area contributed by atoms with Crippen molar-refractivity contribution < 1.29 is 9.84 Å². The van der Waals surface area contributed by atoms with Gasteiger partial charge in [-0.05, 0) is 56.2 Å². The Bertz CT molecular complexity index is 804. The molecule has 158 valence electrons. The molecule has 0 unspecified atom stereocenters. The van der Waals surface area contributed by atoms with E-state index < -0.39 is 0 Å². The van der Waals surface area contributed by atoms with E-state index in [1.807, 2.05) is 0 Å². The maximum absolute atomic E-state index is 9.70. The number of nitrogens with zero attached hydrogens (tertiary/aromatic N) is 3. The van der Waals surface area contributed by atoms with Crippen LogP contribution in [0.4, 0.5) is 0 Å². The molecular weight excluding hydrogens is 362 g/mol. The van der Waals surface area contributed by atoms with E-state index in [0.29, 0.717) is 12.1 Å². The molecule has 0 saturated carbocycles. The van der Waals surface area contributed by atoms with Crippen LogP contribution in [0, 0.1) is 0 Å². The number of fused-ring (bicyclic) bond motifs is 1. The Labute approximate surface area is 174 Å². The SMILES string of the molecule is COc1ccc2ccccc2c1CN1CCN(C2CCN(C)CC2)[C@H](CCO)C1. The van der Waals surface area contributed by atoms with E-state index in [4.69, 9.17) is 4.74 Å². The molecule has 1 atom stereocenters. The third-order valence-electron chi connectivity index (χ3n) is 6.83. The number of likely N-dealkylation sites (tertiary alicyclic amines) is 1. The molecule has 1 N–H and O–H groups in total. The van der Waals surface area contributed by atoms with Crippen molar-refractivity contribution in [3.8, 4) is 5.75 Å². The summed E-state index contributed by atoms with van der Waals surface area (Å²) >= 11 is 0. The first-order chi connectivity index (χ1) is 14.2. The molecule has 2 aromatic rings. The smallest absolute Gasteiger partial charge is 0.123 e. The fourth-order valence-corrected chi connectivity index (χ4v) is 5.18. The second-order valence-electron chi connectivity index (χ2n) is 8.64. The Morgan fingerprint density at radius 2 is 1.83 bits per heavy atom. The van der Waals surface area contributed by atoms with Gasteiger partial charge in [0.2, 0.25) is 0 Å². The lowest BCUT2D eigenvalue weighted by Gasteiger charge is -2.47. The van der Waals surface area contributed by atoms with E-state index in [0.717, 1.165) is 38.3 Å². The van der Waals surface area contributed by atoms with E-state index in [1.54, 1.807) is 7.11 Å². The molecule has 5 nitrogen and oxygen atoms in total. The standard InChI is InChI=1S/C24H35N3O2/c1-25-12-9-20(10-13-25)27-15-14-26(17-21(27)11-16-28)18-23-22-6-4-3-5-19(22)7-8-24(23)29-2/h3-8,20-21,28H,9-18H2,1-2H3/t21-/m1/s1. The minimum absolute atomic E-state index is 0.263. The molecule has 0 amide bonds. The number of methoxy groups -OCH3 is 1. The highest BCUT2D eigenvalue weighted by Gasteiger charge is 2.33. The van der Waals surface area contributed by atoms with Crippen molar-refractivity contribution in [1.29, 1.82) is 0 Å². The van der Waals surface area contributed by atoms with Gasteiger partial charge in [-0.25, -0.2) is 0 Å². The van der Waals surface area contributed by atoms with Gasteiger partial charge < -0.3 is 14.7 Å². The Morgan fingerprint density at radius 1 is 1.03 bits per heavy atom. The van der Waals surface area contributed by atoms with Crippen LogP contribution in [0.5, 0.6) is 5.75 Å². The molecule has 2 aliphatic heterocycles. The third kappa shape index (κ3) is 4.58. The zero-order valence-corrected chi connectivity index (χ0v) is 17.9. The summed E-state index contributed by atoms with van der Waals surface area (Å²) in [7, 11) is 3.98. The first-order valence-electron chi connectivity index (χ1n) is 11.0. The highest BCUT2D eigenvalue weighted by Crippen LogP contribution is 2.31. The second kappa shape index (κ2) is 9.43. The number of hydrogen-bond acceptors (Lipinski definition) is 5. The van der Waals surface area contributed by atoms with Crippen LogP contribution >= 0.6 is 0 Å². The van der Waals surface area contributed by atoms with Crippen LogP contribution in [0.1, 0.15) is 24.8 Å². The zero-order chi connectivity index (χ0) is 20.2. The van der Waals surface area contributed by atoms with Gasteiger partial charge in [0.1, 0.15) is 5.75 Å². The summed E-state index contributed by atoms with van der Waals surface area (Å²) < 4.78 is 5.71. The summed E-state index contributed by atoms with van der Waals surface area (Å²) in [4.78, 5) is 7.68. The van der Waals surface area contributed by atoms with E-state index in [2.05, 4.69) is 58.1 Å². The molecule has 2 aliphatic rings. The van der Waals surface area contributed by atoms with Gasteiger partial charge in [-0.3, -0.25) is 9.80 Å². The van der Waals surface area contributed by atoms with Crippen LogP contribution in [0.2, 0.25) is 0 Å². The molecule has 2 heterocycles. The average molecular weight is 398 g/mol. The molecule has 2 saturated heterocycles. The number of hydrogen-bond donors (Lipinski definition) is 1. The number of piperidine rings is 1.